The molecule has 0 spiro atoms. The van der Waals surface area contributed by atoms with Crippen molar-refractivity contribution in [2.24, 2.45) is 35.5 Å². The summed E-state index contributed by atoms with van der Waals surface area (Å²) in [5.74, 6) is 5.60. The molecule has 168 valence electrons. The first-order valence-electron chi connectivity index (χ1n) is 13.2. The van der Waals surface area contributed by atoms with E-state index in [4.69, 9.17) is 0 Å². The van der Waals surface area contributed by atoms with Crippen molar-refractivity contribution in [1.29, 1.82) is 0 Å². The maximum atomic E-state index is 3.14. The Balaban J connectivity index is 1.29. The molecule has 0 heterocycles. The van der Waals surface area contributed by atoms with E-state index in [-0.39, 0.29) is 0 Å². The minimum atomic E-state index is 0.780. The van der Waals surface area contributed by atoms with Crippen LogP contribution in [0.3, 0.4) is 0 Å². The predicted octanol–water partition coefficient (Wildman–Crippen LogP) is 8.89. The first-order valence-corrected chi connectivity index (χ1v) is 13.9. The van der Waals surface area contributed by atoms with Crippen molar-refractivity contribution < 1.29 is 0 Å². The van der Waals surface area contributed by atoms with Crippen molar-refractivity contribution in [1.82, 2.24) is 0 Å². The summed E-state index contributed by atoms with van der Waals surface area (Å²) in [7, 11) is 3.14. The molecule has 30 heavy (non-hydrogen) atoms. The largest absolute Gasteiger partial charge is 0.134 e. The van der Waals surface area contributed by atoms with Crippen LogP contribution in [0, 0.1) is 35.5 Å². The zero-order valence-electron chi connectivity index (χ0n) is 20.3. The summed E-state index contributed by atoms with van der Waals surface area (Å²) in [6, 6.07) is 0. The Morgan fingerprint density at radius 1 is 0.933 bits per heavy atom. The minimum absolute atomic E-state index is 0.780. The van der Waals surface area contributed by atoms with Gasteiger partial charge in [0, 0.05) is 0 Å². The summed E-state index contributed by atoms with van der Waals surface area (Å²) in [6.45, 7) is 9.69. The topological polar surface area (TPSA) is 0 Å². The van der Waals surface area contributed by atoms with Crippen LogP contribution in [0.5, 0.6) is 0 Å². The number of hydrogen-bond donors (Lipinski definition) is 0. The van der Waals surface area contributed by atoms with Gasteiger partial charge in [0.1, 0.15) is 0 Å². The lowest BCUT2D eigenvalue weighted by Crippen LogP contribution is -2.25. The normalized spacial score (nSPS) is 38.1. The van der Waals surface area contributed by atoms with Gasteiger partial charge in [0.25, 0.3) is 0 Å². The van der Waals surface area contributed by atoms with E-state index < -0.39 is 0 Å². The quantitative estimate of drug-likeness (QED) is 0.304. The minimum Gasteiger partial charge on any atom is -0.134 e. The highest BCUT2D eigenvalue weighted by Crippen LogP contribution is 2.45. The molecule has 0 radical (unpaired) electrons. The van der Waals surface area contributed by atoms with Crippen LogP contribution in [0.4, 0.5) is 0 Å². The van der Waals surface area contributed by atoms with Crippen LogP contribution in [-0.4, -0.2) is 5.66 Å². The van der Waals surface area contributed by atoms with Gasteiger partial charge in [0.15, 0.2) is 0 Å². The van der Waals surface area contributed by atoms with Gasteiger partial charge in [-0.25, -0.2) is 0 Å². The smallest absolute Gasteiger partial charge is 0.00994 e. The van der Waals surface area contributed by atoms with E-state index >= 15 is 0 Å². The molecule has 0 bridgehead atoms. The van der Waals surface area contributed by atoms with E-state index in [0.717, 1.165) is 41.2 Å². The molecular weight excluding hydrogens is 379 g/mol. The van der Waals surface area contributed by atoms with Crippen LogP contribution in [-0.2, 0) is 0 Å². The Morgan fingerprint density at radius 2 is 1.57 bits per heavy atom. The third kappa shape index (κ3) is 5.34. The van der Waals surface area contributed by atoms with E-state index in [1.54, 1.807) is 22.3 Å². The van der Waals surface area contributed by atoms with Crippen LogP contribution < -0.4 is 0 Å². The Hall–Kier alpha value is -0.350. The lowest BCUT2D eigenvalue weighted by atomic mass is 9.68. The monoisotopic (exact) mass is 426 g/mol. The van der Waals surface area contributed by atoms with E-state index in [1.165, 1.54) is 77.0 Å². The molecule has 2 saturated carbocycles. The Bertz CT molecular complexity index is 677. The Labute approximate surface area is 189 Å². The van der Waals surface area contributed by atoms with Crippen LogP contribution in [0.2, 0.25) is 0 Å². The second kappa shape index (κ2) is 10.1. The van der Waals surface area contributed by atoms with Crippen LogP contribution in [0.15, 0.2) is 34.4 Å². The average Bonchev–Trinajstić information content (AvgIpc) is 3.19. The lowest BCUT2D eigenvalue weighted by Gasteiger charge is -2.37. The maximum absolute atomic E-state index is 3.14. The molecule has 0 aromatic carbocycles. The fourth-order valence-electron chi connectivity index (χ4n) is 7.18. The molecule has 0 aromatic rings. The molecule has 4 aliphatic carbocycles. The zero-order chi connectivity index (χ0) is 21.3. The first-order chi connectivity index (χ1) is 14.4. The van der Waals surface area contributed by atoms with Crippen molar-refractivity contribution in [2.75, 3.05) is 0 Å². The van der Waals surface area contributed by atoms with Gasteiger partial charge in [-0.2, -0.15) is 0 Å². The second-order valence-corrected chi connectivity index (χ2v) is 12.7. The van der Waals surface area contributed by atoms with E-state index in [0.29, 0.717) is 0 Å². The van der Waals surface area contributed by atoms with Crippen LogP contribution in [0.1, 0.15) is 105 Å². The summed E-state index contributed by atoms with van der Waals surface area (Å²) in [5.41, 5.74) is 7.64. The fourth-order valence-corrected chi connectivity index (χ4v) is 8.11. The van der Waals surface area contributed by atoms with Crippen molar-refractivity contribution in [3.05, 3.63) is 34.4 Å². The van der Waals surface area contributed by atoms with Crippen LogP contribution >= 0.6 is 9.24 Å². The molecule has 3 unspecified atom stereocenters. The second-order valence-electron chi connectivity index (χ2n) is 11.9. The summed E-state index contributed by atoms with van der Waals surface area (Å²) in [4.78, 5) is 0. The molecule has 2 fully saturated rings. The van der Waals surface area contributed by atoms with Crippen molar-refractivity contribution in [3.8, 4) is 0 Å². The van der Waals surface area contributed by atoms with Gasteiger partial charge in [-0.05, 0) is 118 Å². The standard InChI is InChI=1S/C29H47P/c1-19(2)28-18-27(21(4)15-29(28)30)17-22-7-10-26(16-22)25-13-11-24(12-14-25)23-8-5-20(3)6-9-23/h10,16,19-20,23-25,28-29H,5-9,11-15,17-18,30H2,1-4H3. The molecule has 0 N–H and O–H groups in total. The van der Waals surface area contributed by atoms with Crippen molar-refractivity contribution in [2.45, 2.75) is 110 Å². The zero-order valence-corrected chi connectivity index (χ0v) is 21.4. The lowest BCUT2D eigenvalue weighted by molar-refractivity contribution is 0.159. The highest BCUT2D eigenvalue weighted by Gasteiger charge is 2.32. The number of hydrogen-bond acceptors (Lipinski definition) is 0. The van der Waals surface area contributed by atoms with E-state index in [2.05, 4.69) is 49.1 Å². The Morgan fingerprint density at radius 3 is 2.20 bits per heavy atom. The summed E-state index contributed by atoms with van der Waals surface area (Å²) in [5, 5.41) is 0. The van der Waals surface area contributed by atoms with E-state index in [1.807, 2.05) is 0 Å². The molecule has 4 rings (SSSR count). The Kier molecular flexibility index (Phi) is 7.66. The highest BCUT2D eigenvalue weighted by atomic mass is 31.0. The fraction of sp³-hybridized carbons (Fsp3) is 0.793. The van der Waals surface area contributed by atoms with Crippen molar-refractivity contribution >= 4 is 9.24 Å². The summed E-state index contributed by atoms with van der Waals surface area (Å²) in [6.07, 6.45) is 22.3. The number of allylic oxidation sites excluding steroid dienone is 6. The predicted molar refractivity (Wildman–Crippen MR) is 136 cm³/mol. The molecule has 4 aliphatic rings. The molecule has 0 aromatic heterocycles. The third-order valence-corrected chi connectivity index (χ3v) is 10.1. The summed E-state index contributed by atoms with van der Waals surface area (Å²) < 4.78 is 0. The molecule has 0 amide bonds. The molecule has 0 saturated heterocycles. The van der Waals surface area contributed by atoms with Gasteiger partial charge in [-0.3, -0.25) is 0 Å². The van der Waals surface area contributed by atoms with E-state index in [9.17, 15) is 0 Å². The highest BCUT2D eigenvalue weighted by molar-refractivity contribution is 7.17. The van der Waals surface area contributed by atoms with Gasteiger partial charge < -0.3 is 0 Å². The third-order valence-electron chi connectivity index (χ3n) is 9.42. The number of rotatable bonds is 5. The van der Waals surface area contributed by atoms with Gasteiger partial charge >= 0.3 is 0 Å². The molecule has 1 heteroatoms. The first kappa shape index (κ1) is 22.8. The van der Waals surface area contributed by atoms with Gasteiger partial charge in [0.2, 0.25) is 0 Å². The van der Waals surface area contributed by atoms with Crippen molar-refractivity contribution in [3.63, 3.8) is 0 Å². The molecular formula is C29H47P. The summed E-state index contributed by atoms with van der Waals surface area (Å²) >= 11 is 0. The molecule has 0 nitrogen and oxygen atoms in total. The molecule has 0 aliphatic heterocycles. The maximum Gasteiger partial charge on any atom is -0.00994 e. The van der Waals surface area contributed by atoms with Gasteiger partial charge in [-0.1, -0.05) is 62.5 Å². The van der Waals surface area contributed by atoms with Crippen LogP contribution in [0.25, 0.3) is 0 Å². The molecule has 3 atom stereocenters. The van der Waals surface area contributed by atoms with Gasteiger partial charge in [-0.15, -0.1) is 9.24 Å². The SMILES string of the molecule is CC1=C(CC2=CC(C3CCC(C4CCC(C)CC4)CC3)=CC2)CC(C(C)C)C(P)C1. The average molecular weight is 427 g/mol. The van der Waals surface area contributed by atoms with Gasteiger partial charge in [0.05, 0.1) is 0 Å².